The first-order chi connectivity index (χ1) is 10.8. The molecule has 22 heavy (non-hydrogen) atoms. The zero-order valence-corrected chi connectivity index (χ0v) is 14.7. The largest absolute Gasteiger partial charge is 0.0616 e. The Balaban J connectivity index is 0.00000156. The van der Waals surface area contributed by atoms with Gasteiger partial charge in [0.05, 0.1) is 0 Å². The molecular weight excluding hydrogens is 275 g/mol. The molecular formula is C21H16Na. The minimum atomic E-state index is -0.378. The molecule has 0 atom stereocenters. The second-order valence-electron chi connectivity index (χ2n) is 5.28. The molecule has 0 saturated heterocycles. The van der Waals surface area contributed by atoms with Crippen LogP contribution in [0.3, 0.4) is 0 Å². The topological polar surface area (TPSA) is 0 Å². The molecule has 0 spiro atoms. The average Bonchev–Trinajstić information content (AvgIpc) is 2.60. The molecule has 1 heteroatoms. The second-order valence-corrected chi connectivity index (χ2v) is 5.28. The first kappa shape index (κ1) is 14.0. The number of hydrogen-bond acceptors (Lipinski definition) is 0. The Bertz CT molecular complexity index is 872. The molecule has 4 rings (SSSR count). The number of hydrogen-bond donors (Lipinski definition) is 0. The summed E-state index contributed by atoms with van der Waals surface area (Å²) in [5.74, 6) is 0. The fourth-order valence-electron chi connectivity index (χ4n) is 2.92. The summed E-state index contributed by atoms with van der Waals surface area (Å²) in [6.07, 6.45) is -0.378. The van der Waals surface area contributed by atoms with E-state index in [1.807, 2.05) is 36.4 Å². The molecule has 101 valence electrons. The molecule has 0 nitrogen and oxygen atoms in total. The van der Waals surface area contributed by atoms with Gasteiger partial charge in [-0.05, 0) is 39.1 Å². The van der Waals surface area contributed by atoms with E-state index in [4.69, 9.17) is 1.37 Å². The van der Waals surface area contributed by atoms with E-state index in [0.29, 0.717) is 0 Å². The molecule has 0 fully saturated rings. The molecule has 0 bridgehead atoms. The quantitative estimate of drug-likeness (QED) is 0.445. The van der Waals surface area contributed by atoms with E-state index in [0.717, 1.165) is 21.9 Å². The van der Waals surface area contributed by atoms with Crippen molar-refractivity contribution < 1.29 is 1.37 Å². The molecule has 4 aromatic rings. The van der Waals surface area contributed by atoms with Gasteiger partial charge in [0.25, 0.3) is 0 Å². The molecule has 0 N–H and O–H groups in total. The van der Waals surface area contributed by atoms with Crippen molar-refractivity contribution in [1.82, 2.24) is 0 Å². The molecule has 0 aromatic heterocycles. The van der Waals surface area contributed by atoms with E-state index in [-0.39, 0.29) is 36.0 Å². The van der Waals surface area contributed by atoms with Crippen LogP contribution in [-0.2, 0) is 6.40 Å². The fraction of sp³-hybridized carbons (Fsp3) is 0.0476. The van der Waals surface area contributed by atoms with Crippen molar-refractivity contribution in [2.75, 3.05) is 0 Å². The summed E-state index contributed by atoms with van der Waals surface area (Å²) in [7, 11) is 0. The van der Waals surface area contributed by atoms with Gasteiger partial charge in [0.2, 0.25) is 0 Å². The third-order valence-corrected chi connectivity index (χ3v) is 3.96. The monoisotopic (exact) mass is 292 g/mol. The molecule has 4 aromatic carbocycles. The first-order valence-corrected chi connectivity index (χ1v) is 7.22. The van der Waals surface area contributed by atoms with E-state index in [2.05, 4.69) is 48.5 Å². The number of fused-ring (bicyclic) bond motifs is 2. The maximum absolute atomic E-state index is 8.82. The second kappa shape index (κ2) is 6.66. The van der Waals surface area contributed by atoms with E-state index in [9.17, 15) is 0 Å². The van der Waals surface area contributed by atoms with Gasteiger partial charge in [-0.15, -0.1) is 0 Å². The Kier molecular flexibility index (Phi) is 4.25. The van der Waals surface area contributed by atoms with Crippen LogP contribution in [0, 0.1) is 0 Å². The summed E-state index contributed by atoms with van der Waals surface area (Å²) >= 11 is 0. The molecule has 0 aliphatic rings. The SMILES string of the molecule is [2H]C(c1cccc2ccccc12)c1cccc2ccccc12.[Na]. The van der Waals surface area contributed by atoms with Gasteiger partial charge >= 0.3 is 0 Å². The molecule has 0 saturated carbocycles. The number of benzene rings is 4. The fourth-order valence-corrected chi connectivity index (χ4v) is 2.92. The smallest absolute Gasteiger partial charge is 0.0366 e. The van der Waals surface area contributed by atoms with Crippen LogP contribution in [0.2, 0.25) is 0 Å². The summed E-state index contributed by atoms with van der Waals surface area (Å²) in [5, 5.41) is 4.71. The zero-order chi connectivity index (χ0) is 14.9. The predicted molar refractivity (Wildman–Crippen MR) is 96.5 cm³/mol. The van der Waals surface area contributed by atoms with Gasteiger partial charge in [-0.2, -0.15) is 0 Å². The normalized spacial score (nSPS) is 11.4. The van der Waals surface area contributed by atoms with Crippen LogP contribution in [0.15, 0.2) is 84.9 Å². The van der Waals surface area contributed by atoms with Crippen LogP contribution in [0.5, 0.6) is 0 Å². The summed E-state index contributed by atoms with van der Waals surface area (Å²) in [6, 6.07) is 29.1. The summed E-state index contributed by atoms with van der Waals surface area (Å²) < 4.78 is 8.82. The van der Waals surface area contributed by atoms with Gasteiger partial charge in [0.1, 0.15) is 0 Å². The summed E-state index contributed by atoms with van der Waals surface area (Å²) in [6.45, 7) is 0. The Morgan fingerprint density at radius 2 is 0.955 bits per heavy atom. The predicted octanol–water partition coefficient (Wildman–Crippen LogP) is 5.20. The maximum Gasteiger partial charge on any atom is 0.0366 e. The third-order valence-electron chi connectivity index (χ3n) is 3.96. The minimum Gasteiger partial charge on any atom is -0.0616 e. The third kappa shape index (κ3) is 2.83. The van der Waals surface area contributed by atoms with Crippen LogP contribution in [-0.4, -0.2) is 29.6 Å². The Labute approximate surface area is 154 Å². The Morgan fingerprint density at radius 3 is 1.45 bits per heavy atom. The standard InChI is InChI=1S/C21H16.Na/c1-3-13-20-16(7-1)9-5-11-18(20)15-19-12-6-10-17-8-2-4-14-21(17)19;/h1-14H,15H2;/i15D;. The summed E-state index contributed by atoms with van der Waals surface area (Å²) in [5.41, 5.74) is 2.13. The van der Waals surface area contributed by atoms with Gasteiger partial charge in [0.15, 0.2) is 0 Å². The van der Waals surface area contributed by atoms with Gasteiger partial charge in [-0.25, -0.2) is 0 Å². The van der Waals surface area contributed by atoms with Crippen molar-refractivity contribution in [3.8, 4) is 0 Å². The molecule has 0 amide bonds. The van der Waals surface area contributed by atoms with E-state index in [1.165, 1.54) is 10.8 Å². The molecule has 0 aliphatic heterocycles. The van der Waals surface area contributed by atoms with E-state index < -0.39 is 0 Å². The van der Waals surface area contributed by atoms with Crippen LogP contribution in [0.4, 0.5) is 0 Å². The van der Waals surface area contributed by atoms with Crippen LogP contribution < -0.4 is 0 Å². The summed E-state index contributed by atoms with van der Waals surface area (Å²) in [4.78, 5) is 0. The minimum absolute atomic E-state index is 0. The van der Waals surface area contributed by atoms with Crippen LogP contribution >= 0.6 is 0 Å². The van der Waals surface area contributed by atoms with Crippen molar-refractivity contribution in [2.45, 2.75) is 6.40 Å². The molecule has 0 aliphatic carbocycles. The van der Waals surface area contributed by atoms with E-state index in [1.54, 1.807) is 0 Å². The zero-order valence-electron chi connectivity index (χ0n) is 13.7. The van der Waals surface area contributed by atoms with Crippen molar-refractivity contribution in [1.29, 1.82) is 0 Å². The molecule has 0 unspecified atom stereocenters. The van der Waals surface area contributed by atoms with Crippen molar-refractivity contribution >= 4 is 51.1 Å². The Hall–Kier alpha value is -1.60. The Morgan fingerprint density at radius 1 is 0.545 bits per heavy atom. The van der Waals surface area contributed by atoms with Gasteiger partial charge in [-0.1, -0.05) is 84.9 Å². The van der Waals surface area contributed by atoms with Crippen molar-refractivity contribution in [2.24, 2.45) is 0 Å². The van der Waals surface area contributed by atoms with Crippen molar-refractivity contribution in [3.63, 3.8) is 0 Å². The maximum atomic E-state index is 8.82. The van der Waals surface area contributed by atoms with Gasteiger partial charge < -0.3 is 0 Å². The number of rotatable bonds is 2. The van der Waals surface area contributed by atoms with Crippen molar-refractivity contribution in [3.05, 3.63) is 96.1 Å². The van der Waals surface area contributed by atoms with Gasteiger partial charge in [0, 0.05) is 30.9 Å². The molecule has 0 heterocycles. The van der Waals surface area contributed by atoms with E-state index >= 15 is 0 Å². The first-order valence-electron chi connectivity index (χ1n) is 7.80. The van der Waals surface area contributed by atoms with Crippen LogP contribution in [0.25, 0.3) is 21.5 Å². The van der Waals surface area contributed by atoms with Crippen LogP contribution in [0.1, 0.15) is 12.5 Å². The molecule has 1 radical (unpaired) electrons. The van der Waals surface area contributed by atoms with Gasteiger partial charge in [-0.3, -0.25) is 0 Å². The average molecular weight is 292 g/mol.